The van der Waals surface area contributed by atoms with Gasteiger partial charge in [-0.3, -0.25) is 9.78 Å². The molecular weight excluding hydrogens is 236 g/mol. The van der Waals surface area contributed by atoms with E-state index in [0.29, 0.717) is 6.42 Å². The summed E-state index contributed by atoms with van der Waals surface area (Å²) in [6.45, 7) is -0.280. The first-order valence-corrected chi connectivity index (χ1v) is 5.66. The zero-order valence-electron chi connectivity index (χ0n) is 9.87. The van der Waals surface area contributed by atoms with Gasteiger partial charge in [-0.25, -0.2) is 4.79 Å². The van der Waals surface area contributed by atoms with Crippen molar-refractivity contribution in [2.75, 3.05) is 6.61 Å². The lowest BCUT2D eigenvalue weighted by molar-refractivity contribution is -0.142. The second kappa shape index (κ2) is 7.39. The molecular formula is C12H16N2O4. The molecule has 6 heteroatoms. The topological polar surface area (TPSA) is 99.5 Å². The Hall–Kier alpha value is -1.95. The summed E-state index contributed by atoms with van der Waals surface area (Å²) in [5.74, 6) is -1.50. The normalized spacial score (nSPS) is 11.8. The van der Waals surface area contributed by atoms with E-state index in [-0.39, 0.29) is 25.4 Å². The number of carboxylic acids is 1. The maximum Gasteiger partial charge on any atom is 0.326 e. The van der Waals surface area contributed by atoms with Crippen LogP contribution < -0.4 is 5.32 Å². The van der Waals surface area contributed by atoms with Crippen LogP contribution in [0.3, 0.4) is 0 Å². The van der Waals surface area contributed by atoms with E-state index in [1.807, 2.05) is 6.07 Å². The van der Waals surface area contributed by atoms with Crippen molar-refractivity contribution in [1.29, 1.82) is 0 Å². The van der Waals surface area contributed by atoms with Crippen molar-refractivity contribution < 1.29 is 19.8 Å². The van der Waals surface area contributed by atoms with Crippen LogP contribution in [-0.2, 0) is 16.0 Å². The fourth-order valence-electron chi connectivity index (χ4n) is 1.44. The number of carboxylic acid groups (broad SMARTS) is 1. The Morgan fingerprint density at radius 1 is 1.39 bits per heavy atom. The van der Waals surface area contributed by atoms with Crippen molar-refractivity contribution in [1.82, 2.24) is 10.3 Å². The molecule has 0 aliphatic carbocycles. The molecule has 1 amide bonds. The van der Waals surface area contributed by atoms with Crippen molar-refractivity contribution >= 4 is 11.9 Å². The number of aliphatic hydroxyl groups is 1. The van der Waals surface area contributed by atoms with Gasteiger partial charge in [0.2, 0.25) is 5.91 Å². The molecule has 1 atom stereocenters. The molecule has 3 N–H and O–H groups in total. The van der Waals surface area contributed by atoms with Gasteiger partial charge in [0.15, 0.2) is 0 Å². The van der Waals surface area contributed by atoms with Gasteiger partial charge in [-0.1, -0.05) is 6.07 Å². The number of pyridine rings is 1. The third kappa shape index (κ3) is 4.92. The van der Waals surface area contributed by atoms with Gasteiger partial charge in [-0.2, -0.15) is 0 Å². The highest BCUT2D eigenvalue weighted by molar-refractivity contribution is 5.83. The zero-order valence-corrected chi connectivity index (χ0v) is 9.87. The van der Waals surface area contributed by atoms with Crippen LogP contribution in [0, 0.1) is 0 Å². The van der Waals surface area contributed by atoms with Gasteiger partial charge < -0.3 is 15.5 Å². The molecule has 1 rings (SSSR count). The number of amides is 1. The SMILES string of the molecule is O=C(CCc1ccccn1)N[C@@H](CCO)C(=O)O. The number of aliphatic carboxylic acids is 1. The molecule has 0 saturated carbocycles. The van der Waals surface area contributed by atoms with Crippen LogP contribution in [0.2, 0.25) is 0 Å². The molecule has 1 aromatic rings. The number of hydrogen-bond donors (Lipinski definition) is 3. The van der Waals surface area contributed by atoms with Crippen molar-refractivity contribution in [2.24, 2.45) is 0 Å². The molecule has 6 nitrogen and oxygen atoms in total. The van der Waals surface area contributed by atoms with Gasteiger partial charge in [-0.15, -0.1) is 0 Å². The highest BCUT2D eigenvalue weighted by atomic mass is 16.4. The average molecular weight is 252 g/mol. The van der Waals surface area contributed by atoms with Crippen molar-refractivity contribution in [2.45, 2.75) is 25.3 Å². The van der Waals surface area contributed by atoms with Crippen LogP contribution in [-0.4, -0.2) is 39.7 Å². The molecule has 0 saturated heterocycles. The first kappa shape index (κ1) is 14.1. The fraction of sp³-hybridized carbons (Fsp3) is 0.417. The maximum atomic E-state index is 11.5. The molecule has 0 aromatic carbocycles. The lowest BCUT2D eigenvalue weighted by Gasteiger charge is -2.12. The summed E-state index contributed by atoms with van der Waals surface area (Å²) in [4.78, 5) is 26.3. The quantitative estimate of drug-likeness (QED) is 0.632. The molecule has 0 bridgehead atoms. The Morgan fingerprint density at radius 2 is 2.17 bits per heavy atom. The van der Waals surface area contributed by atoms with E-state index < -0.39 is 12.0 Å². The summed E-state index contributed by atoms with van der Waals surface area (Å²) in [5, 5.41) is 19.8. The minimum atomic E-state index is -1.14. The zero-order chi connectivity index (χ0) is 13.4. The van der Waals surface area contributed by atoms with Gasteiger partial charge in [0.1, 0.15) is 6.04 Å². The number of hydrogen-bond acceptors (Lipinski definition) is 4. The average Bonchev–Trinajstić information content (AvgIpc) is 2.37. The molecule has 0 aliphatic heterocycles. The first-order valence-electron chi connectivity index (χ1n) is 5.66. The van der Waals surface area contributed by atoms with Crippen LogP contribution in [0.15, 0.2) is 24.4 Å². The largest absolute Gasteiger partial charge is 0.480 e. The number of aromatic nitrogens is 1. The molecule has 0 radical (unpaired) electrons. The minimum absolute atomic E-state index is 0.00462. The number of nitrogens with one attached hydrogen (secondary N) is 1. The lowest BCUT2D eigenvalue weighted by Crippen LogP contribution is -2.41. The summed E-state index contributed by atoms with van der Waals surface area (Å²) in [5.41, 5.74) is 0.779. The Labute approximate surface area is 105 Å². The molecule has 0 unspecified atom stereocenters. The predicted octanol–water partition coefficient (Wildman–Crippen LogP) is -0.0340. The van der Waals surface area contributed by atoms with E-state index in [4.69, 9.17) is 10.2 Å². The van der Waals surface area contributed by atoms with E-state index in [1.165, 1.54) is 0 Å². The Bertz CT molecular complexity index is 394. The van der Waals surface area contributed by atoms with E-state index in [1.54, 1.807) is 18.3 Å². The van der Waals surface area contributed by atoms with E-state index in [2.05, 4.69) is 10.3 Å². The van der Waals surface area contributed by atoms with Crippen LogP contribution in [0.1, 0.15) is 18.5 Å². The number of aliphatic hydroxyl groups excluding tert-OH is 1. The highest BCUT2D eigenvalue weighted by Gasteiger charge is 2.18. The Morgan fingerprint density at radius 3 is 2.72 bits per heavy atom. The van der Waals surface area contributed by atoms with Gasteiger partial charge in [0.05, 0.1) is 0 Å². The Kier molecular flexibility index (Phi) is 5.79. The summed E-state index contributed by atoms with van der Waals surface area (Å²) in [6.07, 6.45) is 2.27. The lowest BCUT2D eigenvalue weighted by atomic mass is 10.2. The fourth-order valence-corrected chi connectivity index (χ4v) is 1.44. The number of carbonyl (C=O) groups is 2. The van der Waals surface area contributed by atoms with E-state index in [0.717, 1.165) is 5.69 Å². The van der Waals surface area contributed by atoms with E-state index >= 15 is 0 Å². The number of nitrogens with zero attached hydrogens (tertiary/aromatic N) is 1. The van der Waals surface area contributed by atoms with Crippen molar-refractivity contribution in [3.05, 3.63) is 30.1 Å². The summed E-state index contributed by atoms with van der Waals surface area (Å²) in [6, 6.07) is 4.37. The van der Waals surface area contributed by atoms with Crippen LogP contribution in [0.5, 0.6) is 0 Å². The standard InChI is InChI=1S/C12H16N2O4/c15-8-6-10(12(17)18)14-11(16)5-4-9-3-1-2-7-13-9/h1-3,7,10,15H,4-6,8H2,(H,14,16)(H,17,18)/t10-/m0/s1. The molecule has 0 spiro atoms. The highest BCUT2D eigenvalue weighted by Crippen LogP contribution is 1.99. The molecule has 1 heterocycles. The van der Waals surface area contributed by atoms with Crippen LogP contribution in [0.4, 0.5) is 0 Å². The second-order valence-corrected chi connectivity index (χ2v) is 3.79. The van der Waals surface area contributed by atoms with Gasteiger partial charge in [0.25, 0.3) is 0 Å². The molecule has 18 heavy (non-hydrogen) atoms. The summed E-state index contributed by atoms with van der Waals surface area (Å²) < 4.78 is 0. The number of aryl methyl sites for hydroxylation is 1. The molecule has 1 aromatic heterocycles. The molecule has 98 valence electrons. The minimum Gasteiger partial charge on any atom is -0.480 e. The third-order valence-corrected chi connectivity index (χ3v) is 2.39. The smallest absolute Gasteiger partial charge is 0.326 e. The number of carbonyl (C=O) groups excluding carboxylic acids is 1. The first-order chi connectivity index (χ1) is 8.63. The van der Waals surface area contributed by atoms with Crippen molar-refractivity contribution in [3.8, 4) is 0 Å². The monoisotopic (exact) mass is 252 g/mol. The summed E-state index contributed by atoms with van der Waals surface area (Å²) in [7, 11) is 0. The predicted molar refractivity (Wildman–Crippen MR) is 63.8 cm³/mol. The van der Waals surface area contributed by atoms with Gasteiger partial charge in [0, 0.05) is 31.3 Å². The maximum absolute atomic E-state index is 11.5. The van der Waals surface area contributed by atoms with Crippen LogP contribution in [0.25, 0.3) is 0 Å². The van der Waals surface area contributed by atoms with Gasteiger partial charge >= 0.3 is 5.97 Å². The van der Waals surface area contributed by atoms with Crippen LogP contribution >= 0.6 is 0 Å². The molecule has 0 aliphatic rings. The van der Waals surface area contributed by atoms with Gasteiger partial charge in [-0.05, 0) is 18.6 Å². The van der Waals surface area contributed by atoms with Crippen molar-refractivity contribution in [3.63, 3.8) is 0 Å². The summed E-state index contributed by atoms with van der Waals surface area (Å²) >= 11 is 0. The Balaban J connectivity index is 2.39. The second-order valence-electron chi connectivity index (χ2n) is 3.79. The van der Waals surface area contributed by atoms with E-state index in [9.17, 15) is 9.59 Å². The number of rotatable bonds is 7. The molecule has 0 fully saturated rings. The third-order valence-electron chi connectivity index (χ3n) is 2.39.